The minimum Gasteiger partial charge on any atom is -0.497 e. The molecule has 0 aliphatic rings. The molecule has 3 N–H and O–H groups in total. The number of hydrazine groups is 1. The number of aromatic nitrogens is 3. The standard InChI is InChI=1S/C12H17N5O/c1-17-8-10(15-16-17)7-12(14-13)9-3-5-11(18-2)6-4-9/h3-6,8,12,14H,7,13H2,1-2H3. The van der Waals surface area contributed by atoms with Crippen LogP contribution in [-0.4, -0.2) is 22.1 Å². The summed E-state index contributed by atoms with van der Waals surface area (Å²) in [6.07, 6.45) is 2.57. The fraction of sp³-hybridized carbons (Fsp3) is 0.333. The lowest BCUT2D eigenvalue weighted by molar-refractivity contribution is 0.414. The van der Waals surface area contributed by atoms with Crippen molar-refractivity contribution in [3.8, 4) is 5.75 Å². The van der Waals surface area contributed by atoms with Crippen molar-refractivity contribution in [2.24, 2.45) is 12.9 Å². The molecule has 0 aliphatic heterocycles. The van der Waals surface area contributed by atoms with Crippen molar-refractivity contribution < 1.29 is 4.74 Å². The van der Waals surface area contributed by atoms with Crippen LogP contribution in [0.1, 0.15) is 17.3 Å². The second kappa shape index (κ2) is 5.61. The summed E-state index contributed by atoms with van der Waals surface area (Å²) in [7, 11) is 3.49. The molecule has 0 bridgehead atoms. The van der Waals surface area contributed by atoms with Crippen molar-refractivity contribution in [1.82, 2.24) is 20.4 Å². The first-order valence-corrected chi connectivity index (χ1v) is 5.68. The SMILES string of the molecule is COc1ccc(C(Cc2cn(C)nn2)NN)cc1. The van der Waals surface area contributed by atoms with Crippen molar-refractivity contribution in [1.29, 1.82) is 0 Å². The number of hydrogen-bond acceptors (Lipinski definition) is 5. The lowest BCUT2D eigenvalue weighted by atomic mass is 10.0. The molecule has 18 heavy (non-hydrogen) atoms. The maximum absolute atomic E-state index is 5.59. The largest absolute Gasteiger partial charge is 0.497 e. The van der Waals surface area contributed by atoms with Gasteiger partial charge in [-0.2, -0.15) is 0 Å². The number of benzene rings is 1. The van der Waals surface area contributed by atoms with Crippen molar-refractivity contribution >= 4 is 0 Å². The van der Waals surface area contributed by atoms with E-state index in [-0.39, 0.29) is 6.04 Å². The summed E-state index contributed by atoms with van der Waals surface area (Å²) in [5.74, 6) is 6.42. The van der Waals surface area contributed by atoms with Gasteiger partial charge in [0, 0.05) is 19.7 Å². The van der Waals surface area contributed by atoms with E-state index in [1.807, 2.05) is 37.5 Å². The van der Waals surface area contributed by atoms with E-state index in [0.717, 1.165) is 17.0 Å². The van der Waals surface area contributed by atoms with E-state index in [2.05, 4.69) is 15.7 Å². The lowest BCUT2D eigenvalue weighted by Crippen LogP contribution is -2.29. The first kappa shape index (κ1) is 12.5. The Balaban J connectivity index is 2.12. The summed E-state index contributed by atoms with van der Waals surface area (Å²) in [6, 6.07) is 7.80. The van der Waals surface area contributed by atoms with Crippen molar-refractivity contribution in [3.63, 3.8) is 0 Å². The molecule has 2 aromatic rings. The second-order valence-corrected chi connectivity index (χ2v) is 4.08. The zero-order valence-corrected chi connectivity index (χ0v) is 10.5. The number of hydrogen-bond donors (Lipinski definition) is 2. The molecular weight excluding hydrogens is 230 g/mol. The highest BCUT2D eigenvalue weighted by Gasteiger charge is 2.12. The molecule has 1 aromatic carbocycles. The Bertz CT molecular complexity index is 493. The molecule has 0 spiro atoms. The molecule has 1 aromatic heterocycles. The van der Waals surface area contributed by atoms with Crippen LogP contribution in [0, 0.1) is 0 Å². The van der Waals surface area contributed by atoms with E-state index in [1.165, 1.54) is 0 Å². The number of aryl methyl sites for hydroxylation is 1. The van der Waals surface area contributed by atoms with Gasteiger partial charge in [0.15, 0.2) is 0 Å². The molecule has 96 valence electrons. The van der Waals surface area contributed by atoms with Crippen LogP contribution in [0.15, 0.2) is 30.5 Å². The molecule has 6 heteroatoms. The van der Waals surface area contributed by atoms with Gasteiger partial charge in [0.2, 0.25) is 0 Å². The Morgan fingerprint density at radius 3 is 2.61 bits per heavy atom. The zero-order valence-electron chi connectivity index (χ0n) is 10.5. The third kappa shape index (κ3) is 2.85. The summed E-state index contributed by atoms with van der Waals surface area (Å²) < 4.78 is 6.80. The maximum atomic E-state index is 5.59. The van der Waals surface area contributed by atoms with Gasteiger partial charge in [-0.05, 0) is 17.7 Å². The molecule has 0 aliphatic carbocycles. The number of nitrogens with zero attached hydrogens (tertiary/aromatic N) is 3. The third-order valence-corrected chi connectivity index (χ3v) is 2.78. The van der Waals surface area contributed by atoms with Gasteiger partial charge >= 0.3 is 0 Å². The third-order valence-electron chi connectivity index (χ3n) is 2.78. The highest BCUT2D eigenvalue weighted by Crippen LogP contribution is 2.19. The molecular formula is C12H17N5O. The topological polar surface area (TPSA) is 78.0 Å². The second-order valence-electron chi connectivity index (χ2n) is 4.08. The van der Waals surface area contributed by atoms with Crippen LogP contribution in [0.3, 0.4) is 0 Å². The maximum Gasteiger partial charge on any atom is 0.118 e. The Morgan fingerprint density at radius 1 is 1.39 bits per heavy atom. The van der Waals surface area contributed by atoms with Gasteiger partial charge in [0.1, 0.15) is 5.75 Å². The molecule has 2 rings (SSSR count). The van der Waals surface area contributed by atoms with E-state index in [0.29, 0.717) is 6.42 Å². The van der Waals surface area contributed by atoms with E-state index < -0.39 is 0 Å². The number of methoxy groups -OCH3 is 1. The van der Waals surface area contributed by atoms with Crippen molar-refractivity contribution in [2.75, 3.05) is 7.11 Å². The highest BCUT2D eigenvalue weighted by atomic mass is 16.5. The van der Waals surface area contributed by atoms with Gasteiger partial charge in [-0.3, -0.25) is 16.0 Å². The van der Waals surface area contributed by atoms with Crippen LogP contribution in [0.2, 0.25) is 0 Å². The average Bonchev–Trinajstić information content (AvgIpc) is 2.82. The zero-order chi connectivity index (χ0) is 13.0. The van der Waals surface area contributed by atoms with Crippen LogP contribution in [0.25, 0.3) is 0 Å². The number of nitrogens with one attached hydrogen (secondary N) is 1. The van der Waals surface area contributed by atoms with Crippen LogP contribution in [0.4, 0.5) is 0 Å². The smallest absolute Gasteiger partial charge is 0.118 e. The minimum absolute atomic E-state index is 0.00704. The Morgan fingerprint density at radius 2 is 2.11 bits per heavy atom. The van der Waals surface area contributed by atoms with E-state index in [4.69, 9.17) is 10.6 Å². The minimum atomic E-state index is 0.00704. The lowest BCUT2D eigenvalue weighted by Gasteiger charge is -2.15. The summed E-state index contributed by atoms with van der Waals surface area (Å²) >= 11 is 0. The molecule has 0 amide bonds. The fourth-order valence-electron chi connectivity index (χ4n) is 1.81. The summed E-state index contributed by atoms with van der Waals surface area (Å²) in [5, 5.41) is 7.96. The molecule has 0 saturated heterocycles. The molecule has 1 atom stereocenters. The van der Waals surface area contributed by atoms with Crippen molar-refractivity contribution in [3.05, 3.63) is 41.7 Å². The quantitative estimate of drug-likeness (QED) is 0.596. The summed E-state index contributed by atoms with van der Waals surface area (Å²) in [5.41, 5.74) is 4.78. The van der Waals surface area contributed by atoms with Crippen LogP contribution in [0.5, 0.6) is 5.75 Å². The Kier molecular flexibility index (Phi) is 3.91. The first-order chi connectivity index (χ1) is 8.72. The van der Waals surface area contributed by atoms with E-state index in [1.54, 1.807) is 11.8 Å². The van der Waals surface area contributed by atoms with Gasteiger partial charge in [0.25, 0.3) is 0 Å². The predicted molar refractivity (Wildman–Crippen MR) is 67.8 cm³/mol. The highest BCUT2D eigenvalue weighted by molar-refractivity contribution is 5.29. The van der Waals surface area contributed by atoms with Gasteiger partial charge in [-0.15, -0.1) is 5.10 Å². The van der Waals surface area contributed by atoms with E-state index >= 15 is 0 Å². The summed E-state index contributed by atoms with van der Waals surface area (Å²) in [4.78, 5) is 0. The van der Waals surface area contributed by atoms with Crippen LogP contribution >= 0.6 is 0 Å². The number of nitrogens with two attached hydrogens (primary N) is 1. The molecule has 0 radical (unpaired) electrons. The molecule has 0 saturated carbocycles. The first-order valence-electron chi connectivity index (χ1n) is 5.68. The van der Waals surface area contributed by atoms with E-state index in [9.17, 15) is 0 Å². The number of rotatable bonds is 5. The van der Waals surface area contributed by atoms with Gasteiger partial charge in [-0.1, -0.05) is 17.3 Å². The normalized spacial score (nSPS) is 12.4. The monoisotopic (exact) mass is 247 g/mol. The molecule has 6 nitrogen and oxygen atoms in total. The Labute approximate surface area is 106 Å². The fourth-order valence-corrected chi connectivity index (χ4v) is 1.81. The van der Waals surface area contributed by atoms with Crippen LogP contribution < -0.4 is 16.0 Å². The van der Waals surface area contributed by atoms with Gasteiger partial charge in [0.05, 0.1) is 18.8 Å². The summed E-state index contributed by atoms with van der Waals surface area (Å²) in [6.45, 7) is 0. The van der Waals surface area contributed by atoms with Gasteiger partial charge in [-0.25, -0.2) is 0 Å². The van der Waals surface area contributed by atoms with Crippen LogP contribution in [-0.2, 0) is 13.5 Å². The average molecular weight is 247 g/mol. The molecule has 0 fully saturated rings. The molecule has 1 unspecified atom stereocenters. The van der Waals surface area contributed by atoms with Gasteiger partial charge < -0.3 is 4.74 Å². The predicted octanol–water partition coefficient (Wildman–Crippen LogP) is 0.571. The van der Waals surface area contributed by atoms with Crippen molar-refractivity contribution in [2.45, 2.75) is 12.5 Å². The Hall–Kier alpha value is -1.92. The molecule has 1 heterocycles. The number of ether oxygens (including phenoxy) is 1.